The highest BCUT2D eigenvalue weighted by molar-refractivity contribution is 7.12. The lowest BCUT2D eigenvalue weighted by Gasteiger charge is -2.19. The third kappa shape index (κ3) is 5.32. The van der Waals surface area contributed by atoms with Gasteiger partial charge in [-0.15, -0.1) is 11.3 Å². The van der Waals surface area contributed by atoms with E-state index in [1.54, 1.807) is 36.5 Å². The number of benzene rings is 2. The van der Waals surface area contributed by atoms with Crippen LogP contribution in [0.1, 0.15) is 59.5 Å². The van der Waals surface area contributed by atoms with Crippen LogP contribution in [-0.4, -0.2) is 18.1 Å². The maximum Gasteiger partial charge on any atom is 0.353 e. The van der Waals surface area contributed by atoms with Gasteiger partial charge in [0.1, 0.15) is 10.6 Å². The molecule has 1 N–H and O–H groups in total. The predicted molar refractivity (Wildman–Crippen MR) is 127 cm³/mol. The van der Waals surface area contributed by atoms with E-state index in [0.717, 1.165) is 12.0 Å². The number of amides is 1. The van der Waals surface area contributed by atoms with Crippen LogP contribution in [0.15, 0.2) is 71.1 Å². The van der Waals surface area contributed by atoms with E-state index in [-0.39, 0.29) is 29.1 Å². The van der Waals surface area contributed by atoms with E-state index in [2.05, 4.69) is 55.6 Å². The molecule has 0 aliphatic heterocycles. The minimum atomic E-state index is -0.374. The molecule has 1 fully saturated rings. The molecule has 5 nitrogen and oxygen atoms in total. The zero-order chi connectivity index (χ0) is 22.7. The topological polar surface area (TPSA) is 67.8 Å². The van der Waals surface area contributed by atoms with Crippen LogP contribution >= 0.6 is 11.3 Å². The quantitative estimate of drug-likeness (QED) is 0.235. The SMILES string of the molecule is CC(C)(C)c1ccc([C@H]2C[C@@H]2C(=O)N/N=C/c2ccc(OC(=O)c3cccs3)cc2)cc1. The Morgan fingerprint density at radius 3 is 2.41 bits per heavy atom. The minimum Gasteiger partial charge on any atom is -0.422 e. The Morgan fingerprint density at radius 1 is 1.06 bits per heavy atom. The molecule has 4 rings (SSSR count). The monoisotopic (exact) mass is 446 g/mol. The molecule has 1 amide bonds. The summed E-state index contributed by atoms with van der Waals surface area (Å²) < 4.78 is 5.33. The molecule has 0 spiro atoms. The second-order valence-corrected chi connectivity index (χ2v) is 9.94. The fourth-order valence-corrected chi connectivity index (χ4v) is 4.11. The third-order valence-corrected chi connectivity index (χ3v) is 6.38. The third-order valence-electron chi connectivity index (χ3n) is 5.53. The van der Waals surface area contributed by atoms with Crippen molar-refractivity contribution in [2.45, 2.75) is 38.5 Å². The molecule has 2 aromatic carbocycles. The molecule has 1 aliphatic carbocycles. The summed E-state index contributed by atoms with van der Waals surface area (Å²) in [6.07, 6.45) is 2.43. The van der Waals surface area contributed by atoms with Gasteiger partial charge in [-0.05, 0) is 70.2 Å². The number of rotatable bonds is 6. The smallest absolute Gasteiger partial charge is 0.353 e. The molecule has 2 atom stereocenters. The summed E-state index contributed by atoms with van der Waals surface area (Å²) in [6.45, 7) is 6.58. The van der Waals surface area contributed by atoms with Crippen molar-refractivity contribution in [2.24, 2.45) is 11.0 Å². The van der Waals surface area contributed by atoms with Crippen molar-refractivity contribution in [3.05, 3.63) is 87.6 Å². The van der Waals surface area contributed by atoms with Gasteiger partial charge in [-0.3, -0.25) is 4.79 Å². The largest absolute Gasteiger partial charge is 0.422 e. The fraction of sp³-hybridized carbons (Fsp3) is 0.269. The molecule has 0 radical (unpaired) electrons. The average molecular weight is 447 g/mol. The first-order valence-electron chi connectivity index (χ1n) is 10.6. The highest BCUT2D eigenvalue weighted by Gasteiger charge is 2.44. The Kier molecular flexibility index (Phi) is 6.24. The van der Waals surface area contributed by atoms with Crippen molar-refractivity contribution in [1.82, 2.24) is 5.43 Å². The van der Waals surface area contributed by atoms with Crippen molar-refractivity contribution in [3.63, 3.8) is 0 Å². The Morgan fingerprint density at radius 2 is 1.78 bits per heavy atom. The lowest BCUT2D eigenvalue weighted by Crippen LogP contribution is -2.20. The van der Waals surface area contributed by atoms with Crippen molar-refractivity contribution >= 4 is 29.4 Å². The lowest BCUT2D eigenvalue weighted by molar-refractivity contribution is -0.122. The van der Waals surface area contributed by atoms with Crippen molar-refractivity contribution < 1.29 is 14.3 Å². The first-order chi connectivity index (χ1) is 15.3. The van der Waals surface area contributed by atoms with Gasteiger partial charge in [-0.1, -0.05) is 51.1 Å². The van der Waals surface area contributed by atoms with Crippen LogP contribution in [0.3, 0.4) is 0 Å². The minimum absolute atomic E-state index is 0.0355. The van der Waals surface area contributed by atoms with Gasteiger partial charge < -0.3 is 4.74 Å². The molecule has 6 heteroatoms. The average Bonchev–Trinajstić information content (AvgIpc) is 3.38. The highest BCUT2D eigenvalue weighted by atomic mass is 32.1. The summed E-state index contributed by atoms with van der Waals surface area (Å²) in [5.74, 6) is 0.249. The van der Waals surface area contributed by atoms with Gasteiger partial charge in [0, 0.05) is 5.92 Å². The van der Waals surface area contributed by atoms with Gasteiger partial charge in [0.15, 0.2) is 0 Å². The molecule has 0 saturated heterocycles. The van der Waals surface area contributed by atoms with E-state index in [1.165, 1.54) is 22.5 Å². The molecule has 1 heterocycles. The number of nitrogens with one attached hydrogen (secondary N) is 1. The van der Waals surface area contributed by atoms with Gasteiger partial charge in [0.2, 0.25) is 5.91 Å². The van der Waals surface area contributed by atoms with Crippen LogP contribution in [0.2, 0.25) is 0 Å². The number of hydrazone groups is 1. The Bertz CT molecular complexity index is 1110. The van der Waals surface area contributed by atoms with Crippen molar-refractivity contribution in [3.8, 4) is 5.75 Å². The van der Waals surface area contributed by atoms with Crippen LogP contribution in [0.25, 0.3) is 0 Å². The standard InChI is InChI=1S/C26H26N2O3S/c1-26(2,3)19-10-8-18(9-11-19)21-15-22(21)24(29)28-27-16-17-6-12-20(13-7-17)31-25(30)23-5-4-14-32-23/h4-14,16,21-22H,15H2,1-3H3,(H,28,29)/b27-16+/t21-,22+/m1/s1. The molecule has 1 aliphatic rings. The van der Waals surface area contributed by atoms with E-state index < -0.39 is 0 Å². The number of ether oxygens (including phenoxy) is 1. The molecule has 1 saturated carbocycles. The van der Waals surface area contributed by atoms with Crippen LogP contribution in [0.5, 0.6) is 5.75 Å². The van der Waals surface area contributed by atoms with Gasteiger partial charge in [0.05, 0.1) is 6.21 Å². The van der Waals surface area contributed by atoms with E-state index in [4.69, 9.17) is 4.74 Å². The molecular weight excluding hydrogens is 420 g/mol. The van der Waals surface area contributed by atoms with E-state index in [0.29, 0.717) is 10.6 Å². The van der Waals surface area contributed by atoms with E-state index >= 15 is 0 Å². The van der Waals surface area contributed by atoms with E-state index in [9.17, 15) is 9.59 Å². The first-order valence-corrected chi connectivity index (χ1v) is 11.5. The van der Waals surface area contributed by atoms with Crippen LogP contribution in [0, 0.1) is 5.92 Å². The molecule has 0 unspecified atom stereocenters. The summed E-state index contributed by atoms with van der Waals surface area (Å²) in [6, 6.07) is 19.1. The zero-order valence-corrected chi connectivity index (χ0v) is 19.2. The molecule has 164 valence electrons. The number of nitrogens with zero attached hydrogens (tertiary/aromatic N) is 1. The number of hydrogen-bond donors (Lipinski definition) is 1. The number of carbonyl (C=O) groups excluding carboxylic acids is 2. The number of carbonyl (C=O) groups is 2. The molecule has 3 aromatic rings. The molecular formula is C26H26N2O3S. The summed E-state index contributed by atoms with van der Waals surface area (Å²) >= 11 is 1.34. The number of hydrogen-bond acceptors (Lipinski definition) is 5. The van der Waals surface area contributed by atoms with Crippen LogP contribution in [0.4, 0.5) is 0 Å². The molecule has 0 bridgehead atoms. The number of thiophene rings is 1. The van der Waals surface area contributed by atoms with Crippen LogP contribution < -0.4 is 10.2 Å². The summed E-state index contributed by atoms with van der Waals surface area (Å²) in [5, 5.41) is 5.91. The lowest BCUT2D eigenvalue weighted by atomic mass is 9.86. The Labute approximate surface area is 192 Å². The summed E-state index contributed by atoms with van der Waals surface area (Å²) in [7, 11) is 0. The zero-order valence-electron chi connectivity index (χ0n) is 18.4. The highest BCUT2D eigenvalue weighted by Crippen LogP contribution is 2.47. The predicted octanol–water partition coefficient (Wildman–Crippen LogP) is 5.52. The normalized spacial score (nSPS) is 17.8. The Balaban J connectivity index is 1.26. The van der Waals surface area contributed by atoms with Gasteiger partial charge >= 0.3 is 5.97 Å². The first kappa shape index (κ1) is 22.0. The van der Waals surface area contributed by atoms with Gasteiger partial charge in [0.25, 0.3) is 0 Å². The van der Waals surface area contributed by atoms with Gasteiger partial charge in [-0.25, -0.2) is 10.2 Å². The number of esters is 1. The fourth-order valence-electron chi connectivity index (χ4n) is 3.51. The molecule has 32 heavy (non-hydrogen) atoms. The summed E-state index contributed by atoms with van der Waals surface area (Å²) in [5.41, 5.74) is 6.06. The van der Waals surface area contributed by atoms with Crippen molar-refractivity contribution in [1.29, 1.82) is 0 Å². The Hall–Kier alpha value is -3.25. The van der Waals surface area contributed by atoms with E-state index in [1.807, 2.05) is 11.4 Å². The second kappa shape index (κ2) is 9.09. The summed E-state index contributed by atoms with van der Waals surface area (Å²) in [4.78, 5) is 24.9. The molecule has 1 aromatic heterocycles. The maximum absolute atomic E-state index is 12.4. The maximum atomic E-state index is 12.4. The van der Waals surface area contributed by atoms with Crippen LogP contribution in [-0.2, 0) is 10.2 Å². The second-order valence-electron chi connectivity index (χ2n) is 8.99. The van der Waals surface area contributed by atoms with Gasteiger partial charge in [-0.2, -0.15) is 5.10 Å². The van der Waals surface area contributed by atoms with Crippen molar-refractivity contribution in [2.75, 3.05) is 0 Å².